The van der Waals surface area contributed by atoms with Gasteiger partial charge in [0.2, 0.25) is 0 Å². The Morgan fingerprint density at radius 1 is 1.50 bits per heavy atom. The summed E-state index contributed by atoms with van der Waals surface area (Å²) >= 11 is 0. The minimum absolute atomic E-state index is 0.0763. The summed E-state index contributed by atoms with van der Waals surface area (Å²) in [5, 5.41) is 9.25. The van der Waals surface area contributed by atoms with Crippen molar-refractivity contribution < 1.29 is 9.84 Å². The van der Waals surface area contributed by atoms with Gasteiger partial charge in [0.25, 0.3) is 0 Å². The van der Waals surface area contributed by atoms with Crippen molar-refractivity contribution in [2.45, 2.75) is 32.5 Å². The van der Waals surface area contributed by atoms with Gasteiger partial charge in [0, 0.05) is 25.3 Å². The molecular weight excluding hydrogens is 254 g/mol. The lowest BCUT2D eigenvalue weighted by Gasteiger charge is -2.37. The second-order valence-corrected chi connectivity index (χ2v) is 5.60. The van der Waals surface area contributed by atoms with Gasteiger partial charge in [-0.25, -0.2) is 4.98 Å². The van der Waals surface area contributed by atoms with Crippen molar-refractivity contribution in [2.24, 2.45) is 0 Å². The van der Waals surface area contributed by atoms with E-state index in [0.29, 0.717) is 12.6 Å². The molecule has 0 aliphatic carbocycles. The summed E-state index contributed by atoms with van der Waals surface area (Å²) in [6.07, 6.45) is 3.93. The van der Waals surface area contributed by atoms with Crippen molar-refractivity contribution in [1.82, 2.24) is 14.3 Å². The van der Waals surface area contributed by atoms with Crippen LogP contribution in [0.5, 0.6) is 0 Å². The molecule has 0 saturated carbocycles. The van der Waals surface area contributed by atoms with Gasteiger partial charge in [-0.1, -0.05) is 0 Å². The predicted molar refractivity (Wildman–Crippen MR) is 76.6 cm³/mol. The van der Waals surface area contributed by atoms with Crippen molar-refractivity contribution in [1.29, 1.82) is 0 Å². The van der Waals surface area contributed by atoms with Gasteiger partial charge in [0.15, 0.2) is 0 Å². The fourth-order valence-corrected chi connectivity index (χ4v) is 2.67. The number of fused-ring (bicyclic) bond motifs is 1. The lowest BCUT2D eigenvalue weighted by molar-refractivity contribution is -0.0809. The molecule has 3 rings (SSSR count). The van der Waals surface area contributed by atoms with E-state index in [0.717, 1.165) is 18.7 Å². The Bertz CT molecular complexity index is 596. The zero-order chi connectivity index (χ0) is 14.1. The highest BCUT2D eigenvalue weighted by molar-refractivity contribution is 5.42. The molecule has 0 aromatic carbocycles. The number of rotatable bonds is 3. The van der Waals surface area contributed by atoms with Crippen molar-refractivity contribution >= 4 is 5.65 Å². The molecule has 5 nitrogen and oxygen atoms in total. The summed E-state index contributed by atoms with van der Waals surface area (Å²) in [4.78, 5) is 6.81. The number of nitrogens with zero attached hydrogens (tertiary/aromatic N) is 3. The molecule has 1 N–H and O–H groups in total. The Labute approximate surface area is 118 Å². The number of imidazole rings is 1. The second-order valence-electron chi connectivity index (χ2n) is 5.60. The maximum atomic E-state index is 9.25. The molecular formula is C15H21N3O2. The summed E-state index contributed by atoms with van der Waals surface area (Å²) in [6.45, 7) is 6.56. The van der Waals surface area contributed by atoms with E-state index in [1.165, 1.54) is 11.3 Å². The number of hydrogen-bond acceptors (Lipinski definition) is 4. The van der Waals surface area contributed by atoms with Gasteiger partial charge in [0.05, 0.1) is 31.2 Å². The summed E-state index contributed by atoms with van der Waals surface area (Å²) < 4.78 is 7.71. The number of aliphatic hydroxyl groups excluding tert-OH is 1. The molecule has 3 heterocycles. The monoisotopic (exact) mass is 275 g/mol. The third-order valence-corrected chi connectivity index (χ3v) is 3.95. The van der Waals surface area contributed by atoms with Crippen LogP contribution in [0.2, 0.25) is 0 Å². The molecule has 2 aromatic heterocycles. The Morgan fingerprint density at radius 3 is 3.15 bits per heavy atom. The zero-order valence-corrected chi connectivity index (χ0v) is 12.0. The van der Waals surface area contributed by atoms with Crippen LogP contribution in [-0.4, -0.2) is 51.3 Å². The van der Waals surface area contributed by atoms with E-state index < -0.39 is 0 Å². The van der Waals surface area contributed by atoms with Gasteiger partial charge in [-0.2, -0.15) is 0 Å². The van der Waals surface area contributed by atoms with E-state index in [1.807, 2.05) is 6.20 Å². The van der Waals surface area contributed by atoms with Crippen LogP contribution in [-0.2, 0) is 11.3 Å². The molecule has 0 bridgehead atoms. The minimum atomic E-state index is -0.0763. The number of aliphatic hydroxyl groups is 1. The fourth-order valence-electron chi connectivity index (χ4n) is 2.67. The molecule has 2 aromatic rings. The van der Waals surface area contributed by atoms with Crippen molar-refractivity contribution in [3.05, 3.63) is 35.8 Å². The van der Waals surface area contributed by atoms with Crippen LogP contribution >= 0.6 is 0 Å². The van der Waals surface area contributed by atoms with Gasteiger partial charge >= 0.3 is 0 Å². The lowest BCUT2D eigenvalue weighted by Crippen LogP contribution is -2.48. The van der Waals surface area contributed by atoms with E-state index in [2.05, 4.69) is 46.5 Å². The number of pyridine rings is 1. The van der Waals surface area contributed by atoms with Gasteiger partial charge in [-0.05, 0) is 31.5 Å². The largest absolute Gasteiger partial charge is 0.394 e. The van der Waals surface area contributed by atoms with Crippen LogP contribution in [0.3, 0.4) is 0 Å². The predicted octanol–water partition coefficient (Wildman–Crippen LogP) is 1.22. The number of morpholine rings is 1. The summed E-state index contributed by atoms with van der Waals surface area (Å²) in [7, 11) is 0. The SMILES string of the molecule is Cc1ccn2c(CN3CC(CO)OCC3C)cnc2c1. The van der Waals surface area contributed by atoms with Crippen LogP contribution in [0.1, 0.15) is 18.2 Å². The van der Waals surface area contributed by atoms with Gasteiger partial charge in [0.1, 0.15) is 5.65 Å². The topological polar surface area (TPSA) is 50.0 Å². The molecule has 1 aliphatic rings. The van der Waals surface area contributed by atoms with Crippen molar-refractivity contribution in [3.63, 3.8) is 0 Å². The molecule has 108 valence electrons. The summed E-state index contributed by atoms with van der Waals surface area (Å²) in [5.74, 6) is 0. The first-order chi connectivity index (χ1) is 9.67. The average molecular weight is 275 g/mol. The van der Waals surface area contributed by atoms with Crippen LogP contribution in [0.4, 0.5) is 0 Å². The van der Waals surface area contributed by atoms with Gasteiger partial charge in [-0.15, -0.1) is 0 Å². The first kappa shape index (κ1) is 13.5. The normalized spacial score (nSPS) is 24.4. The zero-order valence-electron chi connectivity index (χ0n) is 12.0. The van der Waals surface area contributed by atoms with Crippen molar-refractivity contribution in [2.75, 3.05) is 19.8 Å². The molecule has 0 amide bonds. The maximum Gasteiger partial charge on any atom is 0.137 e. The molecule has 2 unspecified atom stereocenters. The van der Waals surface area contributed by atoms with Crippen molar-refractivity contribution in [3.8, 4) is 0 Å². The smallest absolute Gasteiger partial charge is 0.137 e. The minimum Gasteiger partial charge on any atom is -0.394 e. The third kappa shape index (κ3) is 2.57. The van der Waals surface area contributed by atoms with E-state index in [9.17, 15) is 5.11 Å². The van der Waals surface area contributed by atoms with Crippen LogP contribution in [0.25, 0.3) is 5.65 Å². The van der Waals surface area contributed by atoms with Gasteiger partial charge < -0.3 is 14.2 Å². The molecule has 5 heteroatoms. The highest BCUT2D eigenvalue weighted by Crippen LogP contribution is 2.17. The Hall–Kier alpha value is -1.43. The van der Waals surface area contributed by atoms with Crippen LogP contribution < -0.4 is 0 Å². The molecule has 1 saturated heterocycles. The molecule has 0 spiro atoms. The fraction of sp³-hybridized carbons (Fsp3) is 0.533. The Balaban J connectivity index is 1.81. The molecule has 20 heavy (non-hydrogen) atoms. The van der Waals surface area contributed by atoms with E-state index in [-0.39, 0.29) is 12.7 Å². The highest BCUT2D eigenvalue weighted by atomic mass is 16.5. The van der Waals surface area contributed by atoms with Crippen LogP contribution in [0, 0.1) is 6.92 Å². The Kier molecular flexibility index (Phi) is 3.74. The maximum absolute atomic E-state index is 9.25. The molecule has 2 atom stereocenters. The lowest BCUT2D eigenvalue weighted by atomic mass is 10.2. The van der Waals surface area contributed by atoms with E-state index >= 15 is 0 Å². The van der Waals surface area contributed by atoms with E-state index in [1.54, 1.807) is 0 Å². The molecule has 0 radical (unpaired) electrons. The number of aromatic nitrogens is 2. The Morgan fingerprint density at radius 2 is 2.35 bits per heavy atom. The summed E-state index contributed by atoms with van der Waals surface area (Å²) in [5.41, 5.74) is 3.37. The molecule has 1 fully saturated rings. The van der Waals surface area contributed by atoms with E-state index in [4.69, 9.17) is 4.74 Å². The number of aryl methyl sites for hydroxylation is 1. The highest BCUT2D eigenvalue weighted by Gasteiger charge is 2.26. The third-order valence-electron chi connectivity index (χ3n) is 3.95. The molecule has 1 aliphatic heterocycles. The average Bonchev–Trinajstić information content (AvgIpc) is 2.83. The summed E-state index contributed by atoms with van der Waals surface area (Å²) in [6, 6.07) is 4.54. The number of ether oxygens (including phenoxy) is 1. The number of hydrogen-bond donors (Lipinski definition) is 1. The first-order valence-electron chi connectivity index (χ1n) is 7.06. The van der Waals surface area contributed by atoms with Crippen LogP contribution in [0.15, 0.2) is 24.5 Å². The van der Waals surface area contributed by atoms with Gasteiger partial charge in [-0.3, -0.25) is 4.90 Å². The quantitative estimate of drug-likeness (QED) is 0.915. The standard InChI is InChI=1S/C15H21N3O2/c1-11-3-4-18-13(6-16-15(18)5-11)7-17-8-14(9-19)20-10-12(17)2/h3-6,12,14,19H,7-10H2,1-2H3. The first-order valence-corrected chi connectivity index (χ1v) is 7.06. The second kappa shape index (κ2) is 5.52.